The Morgan fingerprint density at radius 1 is 0.854 bits per heavy atom. The summed E-state index contributed by atoms with van der Waals surface area (Å²) in [6.45, 7) is 1.93. The lowest BCUT2D eigenvalue weighted by atomic mass is 10.1. The van der Waals surface area contributed by atoms with Crippen molar-refractivity contribution in [2.24, 2.45) is 0 Å². The second kappa shape index (κ2) is 14.2. The monoisotopic (exact) mass is 585 g/mol. The molecule has 0 aliphatic heterocycles. The molecule has 0 spiro atoms. The quantitative estimate of drug-likeness (QED) is 0.140. The molecule has 4 rings (SSSR count). The van der Waals surface area contributed by atoms with Crippen molar-refractivity contribution in [1.82, 2.24) is 5.32 Å². The highest BCUT2D eigenvalue weighted by atomic mass is 35.5. The van der Waals surface area contributed by atoms with Crippen molar-refractivity contribution in [2.75, 3.05) is 23.5 Å². The van der Waals surface area contributed by atoms with Crippen molar-refractivity contribution >= 4 is 58.5 Å². The van der Waals surface area contributed by atoms with Gasteiger partial charge in [-0.2, -0.15) is 0 Å². The number of anilines is 2. The van der Waals surface area contributed by atoms with Gasteiger partial charge in [0, 0.05) is 21.8 Å². The van der Waals surface area contributed by atoms with Gasteiger partial charge in [0.05, 0.1) is 17.9 Å². The summed E-state index contributed by atoms with van der Waals surface area (Å²) < 4.78 is 5.13. The number of halogens is 1. The molecule has 7 nitrogen and oxygen atoms in total. The van der Waals surface area contributed by atoms with Gasteiger partial charge in [-0.25, -0.2) is 0 Å². The Labute approximate surface area is 248 Å². The molecule has 0 aliphatic rings. The van der Waals surface area contributed by atoms with Gasteiger partial charge in [-0.05, 0) is 72.7 Å². The maximum atomic E-state index is 13.4. The number of rotatable bonds is 10. The van der Waals surface area contributed by atoms with Gasteiger partial charge in [0.1, 0.15) is 11.4 Å². The number of benzene rings is 4. The smallest absolute Gasteiger partial charge is 0.272 e. The van der Waals surface area contributed by atoms with Crippen molar-refractivity contribution in [3.05, 3.63) is 124 Å². The van der Waals surface area contributed by atoms with E-state index in [1.807, 2.05) is 43.3 Å². The van der Waals surface area contributed by atoms with E-state index in [1.54, 1.807) is 66.7 Å². The van der Waals surface area contributed by atoms with Crippen LogP contribution < -0.4 is 20.7 Å². The Hall–Kier alpha value is -4.53. The summed E-state index contributed by atoms with van der Waals surface area (Å²) in [4.78, 5) is 39.5. The van der Waals surface area contributed by atoms with Gasteiger partial charge >= 0.3 is 0 Å². The van der Waals surface area contributed by atoms with E-state index >= 15 is 0 Å². The van der Waals surface area contributed by atoms with Crippen LogP contribution in [0.3, 0.4) is 0 Å². The van der Waals surface area contributed by atoms with Crippen molar-refractivity contribution in [2.45, 2.75) is 11.8 Å². The Bertz CT molecular complexity index is 1590. The zero-order valence-electron chi connectivity index (χ0n) is 22.4. The van der Waals surface area contributed by atoms with E-state index in [-0.39, 0.29) is 17.4 Å². The van der Waals surface area contributed by atoms with Crippen LogP contribution in [0.4, 0.5) is 11.4 Å². The topological polar surface area (TPSA) is 96.5 Å². The molecule has 3 N–H and O–H groups in total. The SMILES string of the molecule is COc1ccc(NC(=O)CSc2cccc(NC(=O)/C(=C/c3ccccc3C)NC(=O)c3ccccc3)c2)cc1Cl. The third kappa shape index (κ3) is 8.48. The Kier molecular flexibility index (Phi) is 10.2. The lowest BCUT2D eigenvalue weighted by Gasteiger charge is -2.13. The van der Waals surface area contributed by atoms with Gasteiger partial charge in [0.2, 0.25) is 5.91 Å². The van der Waals surface area contributed by atoms with Gasteiger partial charge in [-0.3, -0.25) is 14.4 Å². The average molecular weight is 586 g/mol. The van der Waals surface area contributed by atoms with Crippen molar-refractivity contribution in [3.63, 3.8) is 0 Å². The molecular weight excluding hydrogens is 558 g/mol. The summed E-state index contributed by atoms with van der Waals surface area (Å²) in [6, 6.07) is 28.4. The Morgan fingerprint density at radius 3 is 2.32 bits per heavy atom. The number of carbonyl (C=O) groups excluding carboxylic acids is 3. The predicted molar refractivity (Wildman–Crippen MR) is 165 cm³/mol. The molecule has 0 unspecified atom stereocenters. The molecule has 4 aromatic carbocycles. The first-order valence-corrected chi connectivity index (χ1v) is 14.0. The number of methoxy groups -OCH3 is 1. The second-order valence-electron chi connectivity index (χ2n) is 8.90. The molecule has 9 heteroatoms. The number of thioether (sulfide) groups is 1. The molecule has 0 heterocycles. The minimum Gasteiger partial charge on any atom is -0.495 e. The molecule has 0 bridgehead atoms. The van der Waals surface area contributed by atoms with Gasteiger partial charge in [-0.1, -0.05) is 60.1 Å². The molecule has 0 fully saturated rings. The molecule has 0 radical (unpaired) electrons. The average Bonchev–Trinajstić information content (AvgIpc) is 2.97. The third-order valence-corrected chi connectivity index (χ3v) is 7.20. The van der Waals surface area contributed by atoms with E-state index in [9.17, 15) is 14.4 Å². The van der Waals surface area contributed by atoms with Crippen LogP contribution in [0.25, 0.3) is 6.08 Å². The van der Waals surface area contributed by atoms with E-state index < -0.39 is 11.8 Å². The number of amides is 3. The first-order valence-electron chi connectivity index (χ1n) is 12.6. The van der Waals surface area contributed by atoms with Crippen molar-refractivity contribution < 1.29 is 19.1 Å². The normalized spacial score (nSPS) is 11.0. The minimum absolute atomic E-state index is 0.101. The molecule has 3 amide bonds. The third-order valence-electron chi connectivity index (χ3n) is 5.91. The number of hydrogen-bond acceptors (Lipinski definition) is 5. The van der Waals surface area contributed by atoms with E-state index in [0.29, 0.717) is 27.7 Å². The Balaban J connectivity index is 1.44. The predicted octanol–water partition coefficient (Wildman–Crippen LogP) is 6.80. The van der Waals surface area contributed by atoms with Crippen molar-refractivity contribution in [1.29, 1.82) is 0 Å². The first-order chi connectivity index (χ1) is 19.8. The number of aryl methyl sites for hydroxylation is 1. The molecule has 0 aromatic heterocycles. The van der Waals surface area contributed by atoms with E-state index in [0.717, 1.165) is 16.0 Å². The second-order valence-corrected chi connectivity index (χ2v) is 10.4. The Morgan fingerprint density at radius 2 is 1.59 bits per heavy atom. The fourth-order valence-corrected chi connectivity index (χ4v) is 4.81. The van der Waals surface area contributed by atoms with Gasteiger partial charge < -0.3 is 20.7 Å². The van der Waals surface area contributed by atoms with Crippen LogP contribution in [0, 0.1) is 6.92 Å². The molecule has 208 valence electrons. The highest BCUT2D eigenvalue weighted by Gasteiger charge is 2.16. The van der Waals surface area contributed by atoms with Gasteiger partial charge in [-0.15, -0.1) is 11.8 Å². The summed E-state index contributed by atoms with van der Waals surface area (Å²) in [7, 11) is 1.52. The lowest BCUT2D eigenvalue weighted by molar-refractivity contribution is -0.114. The van der Waals surface area contributed by atoms with E-state index in [1.165, 1.54) is 18.9 Å². The summed E-state index contributed by atoms with van der Waals surface area (Å²) in [6.07, 6.45) is 1.65. The molecule has 0 atom stereocenters. The number of ether oxygens (including phenoxy) is 1. The lowest BCUT2D eigenvalue weighted by Crippen LogP contribution is -2.30. The molecule has 41 heavy (non-hydrogen) atoms. The number of carbonyl (C=O) groups is 3. The highest BCUT2D eigenvalue weighted by Crippen LogP contribution is 2.28. The van der Waals surface area contributed by atoms with Gasteiger partial charge in [0.15, 0.2) is 0 Å². The number of hydrogen-bond donors (Lipinski definition) is 3. The van der Waals surface area contributed by atoms with Crippen LogP contribution in [-0.4, -0.2) is 30.6 Å². The van der Waals surface area contributed by atoms with Crippen LogP contribution in [0.2, 0.25) is 5.02 Å². The summed E-state index contributed by atoms with van der Waals surface area (Å²) in [5.41, 5.74) is 3.38. The zero-order valence-corrected chi connectivity index (χ0v) is 24.0. The van der Waals surface area contributed by atoms with Crippen molar-refractivity contribution in [3.8, 4) is 5.75 Å². The highest BCUT2D eigenvalue weighted by molar-refractivity contribution is 8.00. The molecule has 0 saturated carbocycles. The first kappa shape index (κ1) is 29.5. The number of nitrogens with one attached hydrogen (secondary N) is 3. The standard InChI is InChI=1S/C32H28ClN3O4S/c1-21-9-6-7-12-23(21)17-28(36-31(38)22-10-4-3-5-11-22)32(39)35-24-13-8-14-26(18-24)41-20-30(37)34-25-15-16-29(40-2)27(33)19-25/h3-19H,20H2,1-2H3,(H,34,37)(H,35,39)(H,36,38)/b28-17-. The van der Waals surface area contributed by atoms with Crippen LogP contribution in [-0.2, 0) is 9.59 Å². The van der Waals surface area contributed by atoms with Crippen LogP contribution in [0.5, 0.6) is 5.75 Å². The summed E-state index contributed by atoms with van der Waals surface area (Å²) >= 11 is 7.45. The van der Waals surface area contributed by atoms with Crippen LogP contribution in [0.15, 0.2) is 108 Å². The van der Waals surface area contributed by atoms with Gasteiger partial charge in [0.25, 0.3) is 11.8 Å². The van der Waals surface area contributed by atoms with E-state index in [2.05, 4.69) is 16.0 Å². The van der Waals surface area contributed by atoms with E-state index in [4.69, 9.17) is 16.3 Å². The zero-order chi connectivity index (χ0) is 29.2. The van der Waals surface area contributed by atoms with Crippen LogP contribution in [0.1, 0.15) is 21.5 Å². The minimum atomic E-state index is -0.478. The summed E-state index contributed by atoms with van der Waals surface area (Å²) in [5.74, 6) is -0.415. The molecule has 0 saturated heterocycles. The molecular formula is C32H28ClN3O4S. The van der Waals surface area contributed by atoms with Crippen LogP contribution >= 0.6 is 23.4 Å². The fraction of sp³-hybridized carbons (Fsp3) is 0.0938. The maximum Gasteiger partial charge on any atom is 0.272 e. The fourth-order valence-electron chi connectivity index (χ4n) is 3.80. The maximum absolute atomic E-state index is 13.4. The molecule has 0 aliphatic carbocycles. The summed E-state index contributed by atoms with van der Waals surface area (Å²) in [5, 5.41) is 8.82. The molecule has 4 aromatic rings. The largest absolute Gasteiger partial charge is 0.495 e.